The Kier molecular flexibility index (Phi) is 2.55. The van der Waals surface area contributed by atoms with E-state index in [0.29, 0.717) is 22.2 Å². The molecule has 2 aromatic heterocycles. The number of benzene rings is 2. The summed E-state index contributed by atoms with van der Waals surface area (Å²) in [7, 11) is 0. The number of nitrogens with zero attached hydrogens (tertiary/aromatic N) is 4. The van der Waals surface area contributed by atoms with Crippen LogP contribution in [0.5, 0.6) is 0 Å². The zero-order valence-electron chi connectivity index (χ0n) is 10.9. The number of fused-ring (bicyclic) bond motifs is 3. The normalized spacial score (nSPS) is 11.3. The Morgan fingerprint density at radius 3 is 2.67 bits per heavy atom. The molecule has 0 aliphatic rings. The zero-order valence-corrected chi connectivity index (χ0v) is 11.6. The maximum Gasteiger partial charge on any atom is 0.186 e. The number of nitrogen functional groups attached to an aromatic ring is 1. The quantitative estimate of drug-likeness (QED) is 0.585. The minimum absolute atomic E-state index is 0.439. The van der Waals surface area contributed by atoms with Crippen molar-refractivity contribution in [2.75, 3.05) is 5.73 Å². The van der Waals surface area contributed by atoms with Crippen molar-refractivity contribution < 1.29 is 0 Å². The number of hydrogen-bond acceptors (Lipinski definition) is 4. The van der Waals surface area contributed by atoms with Gasteiger partial charge in [0.15, 0.2) is 5.65 Å². The molecule has 21 heavy (non-hydrogen) atoms. The molecule has 0 atom stereocenters. The lowest BCUT2D eigenvalue weighted by molar-refractivity contribution is 0.877. The van der Waals surface area contributed by atoms with Crippen LogP contribution < -0.4 is 5.73 Å². The summed E-state index contributed by atoms with van der Waals surface area (Å²) in [6.07, 6.45) is 0. The molecule has 6 heteroatoms. The molecular formula is C15H10ClN5. The Labute approximate surface area is 125 Å². The molecule has 0 amide bonds. The highest BCUT2D eigenvalue weighted by molar-refractivity contribution is 6.31. The SMILES string of the molecule is Nc1nc2c(-c3ccccc3)nnn2c2cc(Cl)ccc12. The van der Waals surface area contributed by atoms with Gasteiger partial charge < -0.3 is 5.73 Å². The van der Waals surface area contributed by atoms with E-state index in [4.69, 9.17) is 17.3 Å². The molecule has 0 bridgehead atoms. The Balaban J connectivity index is 2.12. The monoisotopic (exact) mass is 295 g/mol. The Morgan fingerprint density at radius 2 is 1.86 bits per heavy atom. The molecule has 5 nitrogen and oxygen atoms in total. The Hall–Kier alpha value is -2.66. The summed E-state index contributed by atoms with van der Waals surface area (Å²) in [5.41, 5.74) is 9.11. The number of nitrogens with two attached hydrogens (primary N) is 1. The second kappa shape index (κ2) is 4.43. The first-order valence-electron chi connectivity index (χ1n) is 6.39. The van der Waals surface area contributed by atoms with Crippen LogP contribution in [0.25, 0.3) is 27.8 Å². The highest BCUT2D eigenvalue weighted by atomic mass is 35.5. The number of hydrogen-bond donors (Lipinski definition) is 1. The molecule has 4 rings (SSSR count). The van der Waals surface area contributed by atoms with Crippen LogP contribution in [0.15, 0.2) is 48.5 Å². The second-order valence-corrected chi connectivity index (χ2v) is 5.13. The van der Waals surface area contributed by atoms with Crippen LogP contribution in [0, 0.1) is 0 Å². The van der Waals surface area contributed by atoms with Crippen LogP contribution in [0.4, 0.5) is 5.82 Å². The van der Waals surface area contributed by atoms with Crippen molar-refractivity contribution in [1.29, 1.82) is 0 Å². The first-order valence-corrected chi connectivity index (χ1v) is 6.77. The van der Waals surface area contributed by atoms with Gasteiger partial charge in [-0.3, -0.25) is 0 Å². The molecule has 0 spiro atoms. The Bertz CT molecular complexity index is 962. The highest BCUT2D eigenvalue weighted by Crippen LogP contribution is 2.27. The lowest BCUT2D eigenvalue weighted by atomic mass is 10.1. The van der Waals surface area contributed by atoms with Crippen LogP contribution >= 0.6 is 11.6 Å². The smallest absolute Gasteiger partial charge is 0.186 e. The molecule has 4 aromatic rings. The first-order chi connectivity index (χ1) is 10.2. The summed E-state index contributed by atoms with van der Waals surface area (Å²) >= 11 is 6.07. The van der Waals surface area contributed by atoms with Crippen LogP contribution in [0.2, 0.25) is 5.02 Å². The molecule has 0 aliphatic heterocycles. The fourth-order valence-electron chi connectivity index (χ4n) is 2.39. The van der Waals surface area contributed by atoms with Gasteiger partial charge in [-0.15, -0.1) is 5.10 Å². The van der Waals surface area contributed by atoms with Crippen LogP contribution in [0.3, 0.4) is 0 Å². The fraction of sp³-hybridized carbons (Fsp3) is 0. The van der Waals surface area contributed by atoms with E-state index in [2.05, 4.69) is 15.3 Å². The topological polar surface area (TPSA) is 69.1 Å². The Morgan fingerprint density at radius 1 is 1.05 bits per heavy atom. The predicted molar refractivity (Wildman–Crippen MR) is 83.1 cm³/mol. The third-order valence-corrected chi connectivity index (χ3v) is 3.62. The van der Waals surface area contributed by atoms with Crippen molar-refractivity contribution in [1.82, 2.24) is 19.8 Å². The van der Waals surface area contributed by atoms with Crippen molar-refractivity contribution in [3.63, 3.8) is 0 Å². The molecule has 2 N–H and O–H groups in total. The van der Waals surface area contributed by atoms with E-state index in [1.807, 2.05) is 42.5 Å². The van der Waals surface area contributed by atoms with Gasteiger partial charge in [-0.25, -0.2) is 4.98 Å². The molecule has 0 unspecified atom stereocenters. The summed E-state index contributed by atoms with van der Waals surface area (Å²) in [5, 5.41) is 9.85. The van der Waals surface area contributed by atoms with Gasteiger partial charge in [0.25, 0.3) is 0 Å². The molecule has 2 aromatic carbocycles. The maximum atomic E-state index is 6.07. The number of halogens is 1. The molecule has 0 saturated carbocycles. The number of aromatic nitrogens is 4. The molecule has 0 aliphatic carbocycles. The van der Waals surface area contributed by atoms with Crippen molar-refractivity contribution in [3.8, 4) is 11.3 Å². The molecule has 102 valence electrons. The summed E-state index contributed by atoms with van der Waals surface area (Å²) in [6.45, 7) is 0. The average Bonchev–Trinajstić information content (AvgIpc) is 2.92. The van der Waals surface area contributed by atoms with Gasteiger partial charge in [0.05, 0.1) is 5.52 Å². The van der Waals surface area contributed by atoms with Gasteiger partial charge in [0, 0.05) is 16.0 Å². The molecule has 0 fully saturated rings. The van der Waals surface area contributed by atoms with Crippen molar-refractivity contribution >= 4 is 34.0 Å². The molecular weight excluding hydrogens is 286 g/mol. The van der Waals surface area contributed by atoms with Crippen LogP contribution in [-0.2, 0) is 0 Å². The van der Waals surface area contributed by atoms with Gasteiger partial charge in [-0.1, -0.05) is 47.1 Å². The first kappa shape index (κ1) is 12.1. The van der Waals surface area contributed by atoms with Gasteiger partial charge in [0.2, 0.25) is 0 Å². The van der Waals surface area contributed by atoms with E-state index in [9.17, 15) is 0 Å². The van der Waals surface area contributed by atoms with E-state index in [1.54, 1.807) is 10.6 Å². The minimum Gasteiger partial charge on any atom is -0.383 e. The minimum atomic E-state index is 0.439. The van der Waals surface area contributed by atoms with E-state index >= 15 is 0 Å². The van der Waals surface area contributed by atoms with E-state index < -0.39 is 0 Å². The number of anilines is 1. The van der Waals surface area contributed by atoms with Crippen molar-refractivity contribution in [2.24, 2.45) is 0 Å². The van der Waals surface area contributed by atoms with Crippen molar-refractivity contribution in [3.05, 3.63) is 53.6 Å². The fourth-order valence-corrected chi connectivity index (χ4v) is 2.56. The van der Waals surface area contributed by atoms with Gasteiger partial charge in [-0.2, -0.15) is 4.52 Å². The van der Waals surface area contributed by atoms with Gasteiger partial charge in [0.1, 0.15) is 11.5 Å². The molecule has 2 heterocycles. The largest absolute Gasteiger partial charge is 0.383 e. The third kappa shape index (κ3) is 1.82. The standard InChI is InChI=1S/C15H10ClN5/c16-10-6-7-11-12(8-10)21-15(18-14(11)17)13(19-20-21)9-4-2-1-3-5-9/h1-8H,(H2,17,18). The zero-order chi connectivity index (χ0) is 14.4. The molecule has 0 radical (unpaired) electrons. The lowest BCUT2D eigenvalue weighted by Gasteiger charge is -2.04. The van der Waals surface area contributed by atoms with Crippen molar-refractivity contribution in [2.45, 2.75) is 0 Å². The molecule has 0 saturated heterocycles. The summed E-state index contributed by atoms with van der Waals surface area (Å²) in [6, 6.07) is 15.2. The van der Waals surface area contributed by atoms with Crippen LogP contribution in [0.1, 0.15) is 0 Å². The second-order valence-electron chi connectivity index (χ2n) is 4.70. The maximum absolute atomic E-state index is 6.07. The predicted octanol–water partition coefficient (Wildman–Crippen LogP) is 3.18. The van der Waals surface area contributed by atoms with Gasteiger partial charge >= 0.3 is 0 Å². The summed E-state index contributed by atoms with van der Waals surface area (Å²) in [5.74, 6) is 0.439. The van der Waals surface area contributed by atoms with E-state index in [0.717, 1.165) is 16.5 Å². The number of rotatable bonds is 1. The lowest BCUT2D eigenvalue weighted by Crippen LogP contribution is -1.99. The third-order valence-electron chi connectivity index (χ3n) is 3.38. The van der Waals surface area contributed by atoms with Crippen LogP contribution in [-0.4, -0.2) is 19.8 Å². The summed E-state index contributed by atoms with van der Waals surface area (Å²) in [4.78, 5) is 4.44. The van der Waals surface area contributed by atoms with E-state index in [1.165, 1.54) is 0 Å². The summed E-state index contributed by atoms with van der Waals surface area (Å²) < 4.78 is 1.67. The van der Waals surface area contributed by atoms with E-state index in [-0.39, 0.29) is 0 Å². The average molecular weight is 296 g/mol. The van der Waals surface area contributed by atoms with Gasteiger partial charge in [-0.05, 0) is 18.2 Å². The highest BCUT2D eigenvalue weighted by Gasteiger charge is 2.14.